The van der Waals surface area contributed by atoms with Crippen LogP contribution in [0.4, 0.5) is 4.79 Å². The molecular weight excluding hydrogens is 248 g/mol. The topological polar surface area (TPSA) is 88.5 Å². The van der Waals surface area contributed by atoms with Crippen LogP contribution in [0.3, 0.4) is 0 Å². The molecule has 1 aromatic rings. The molecule has 1 heterocycles. The number of amides is 1. The number of carbonyl (C=O) groups is 2. The lowest BCUT2D eigenvalue weighted by atomic mass is 10.1. The van der Waals surface area contributed by atoms with Gasteiger partial charge < -0.3 is 15.2 Å². The molecule has 19 heavy (non-hydrogen) atoms. The van der Waals surface area contributed by atoms with Crippen LogP contribution < -0.4 is 5.32 Å². The highest BCUT2D eigenvalue weighted by molar-refractivity contribution is 5.72. The Morgan fingerprint density at radius 3 is 2.58 bits per heavy atom. The number of nitrogens with one attached hydrogen (secondary N) is 1. The molecule has 0 aliphatic heterocycles. The molecule has 6 heteroatoms. The summed E-state index contributed by atoms with van der Waals surface area (Å²) in [6.07, 6.45) is 0.626. The van der Waals surface area contributed by atoms with Crippen molar-refractivity contribution in [3.8, 4) is 0 Å². The Balaban J connectivity index is 2.76. The van der Waals surface area contributed by atoms with Gasteiger partial charge in [0.15, 0.2) is 0 Å². The molecule has 0 aliphatic carbocycles. The second-order valence-electron chi connectivity index (χ2n) is 5.05. The number of hydrogen-bond donors (Lipinski definition) is 2. The molecule has 1 atom stereocenters. The van der Waals surface area contributed by atoms with Crippen LogP contribution in [0.5, 0.6) is 0 Å². The van der Waals surface area contributed by atoms with Crippen molar-refractivity contribution in [3.05, 3.63) is 30.1 Å². The minimum atomic E-state index is -1.02. The van der Waals surface area contributed by atoms with E-state index < -0.39 is 23.7 Å². The summed E-state index contributed by atoms with van der Waals surface area (Å²) in [6, 6.07) is 4.39. The Morgan fingerprint density at radius 1 is 1.42 bits per heavy atom. The fourth-order valence-corrected chi connectivity index (χ4v) is 1.44. The quantitative estimate of drug-likeness (QED) is 0.871. The van der Waals surface area contributed by atoms with Crippen molar-refractivity contribution in [2.45, 2.75) is 38.8 Å². The van der Waals surface area contributed by atoms with Crippen LogP contribution in [0.1, 0.15) is 38.9 Å². The largest absolute Gasteiger partial charge is 0.481 e. The first-order chi connectivity index (χ1) is 8.78. The molecule has 0 saturated carbocycles. The van der Waals surface area contributed by atoms with Crippen molar-refractivity contribution in [2.75, 3.05) is 0 Å². The molecule has 104 valence electrons. The van der Waals surface area contributed by atoms with E-state index in [1.807, 2.05) is 0 Å². The Morgan fingerprint density at radius 2 is 2.11 bits per heavy atom. The van der Waals surface area contributed by atoms with Gasteiger partial charge in [-0.2, -0.15) is 0 Å². The number of carboxylic acids is 1. The Kier molecular flexibility index (Phi) is 4.86. The normalized spacial score (nSPS) is 12.6. The van der Waals surface area contributed by atoms with Gasteiger partial charge in [0.2, 0.25) is 0 Å². The minimum Gasteiger partial charge on any atom is -0.481 e. The average Bonchev–Trinajstić information content (AvgIpc) is 2.26. The number of nitrogens with zero attached hydrogens (tertiary/aromatic N) is 1. The lowest BCUT2D eigenvalue weighted by Gasteiger charge is -2.22. The number of aliphatic carboxylic acids is 1. The van der Waals surface area contributed by atoms with Gasteiger partial charge in [-0.05, 0) is 32.9 Å². The first-order valence-electron chi connectivity index (χ1n) is 5.90. The smallest absolute Gasteiger partial charge is 0.408 e. The second-order valence-corrected chi connectivity index (χ2v) is 5.05. The summed E-state index contributed by atoms with van der Waals surface area (Å²) in [7, 11) is 0. The van der Waals surface area contributed by atoms with Gasteiger partial charge in [-0.25, -0.2) is 4.79 Å². The summed E-state index contributed by atoms with van der Waals surface area (Å²) in [5, 5.41) is 11.4. The number of pyridine rings is 1. The van der Waals surface area contributed by atoms with E-state index >= 15 is 0 Å². The maximum atomic E-state index is 11.7. The average molecular weight is 266 g/mol. The Labute approximate surface area is 111 Å². The van der Waals surface area contributed by atoms with Crippen molar-refractivity contribution < 1.29 is 19.4 Å². The zero-order valence-corrected chi connectivity index (χ0v) is 11.2. The first-order valence-corrected chi connectivity index (χ1v) is 5.90. The highest BCUT2D eigenvalue weighted by atomic mass is 16.6. The molecule has 0 saturated heterocycles. The molecule has 0 aliphatic rings. The predicted molar refractivity (Wildman–Crippen MR) is 68.6 cm³/mol. The summed E-state index contributed by atoms with van der Waals surface area (Å²) < 4.78 is 5.10. The third kappa shape index (κ3) is 5.85. The van der Waals surface area contributed by atoms with E-state index in [0.717, 1.165) is 0 Å². The van der Waals surface area contributed by atoms with E-state index in [-0.39, 0.29) is 6.42 Å². The Hall–Kier alpha value is -2.11. The molecule has 1 amide bonds. The summed E-state index contributed by atoms with van der Waals surface area (Å²) in [5.74, 6) is -1.02. The maximum absolute atomic E-state index is 11.7. The number of carboxylic acid groups (broad SMARTS) is 1. The van der Waals surface area contributed by atoms with Crippen LogP contribution in [0.2, 0.25) is 0 Å². The van der Waals surface area contributed by atoms with Gasteiger partial charge in [0.1, 0.15) is 5.60 Å². The molecule has 0 aromatic carbocycles. The molecule has 0 radical (unpaired) electrons. The van der Waals surface area contributed by atoms with Crippen LogP contribution >= 0.6 is 0 Å². The highest BCUT2D eigenvalue weighted by Gasteiger charge is 2.22. The first kappa shape index (κ1) is 14.9. The number of rotatable bonds is 4. The summed E-state index contributed by atoms with van der Waals surface area (Å²) in [5.41, 5.74) is -0.155. The molecule has 0 fully saturated rings. The van der Waals surface area contributed by atoms with Crippen molar-refractivity contribution >= 4 is 12.1 Å². The van der Waals surface area contributed by atoms with Gasteiger partial charge in [0.25, 0.3) is 0 Å². The van der Waals surface area contributed by atoms with Crippen LogP contribution in [0.25, 0.3) is 0 Å². The van der Waals surface area contributed by atoms with E-state index in [1.165, 1.54) is 0 Å². The van der Waals surface area contributed by atoms with Gasteiger partial charge in [-0.3, -0.25) is 9.78 Å². The molecule has 2 N–H and O–H groups in total. The van der Waals surface area contributed by atoms with Crippen molar-refractivity contribution in [2.24, 2.45) is 0 Å². The van der Waals surface area contributed by atoms with Crippen LogP contribution in [0, 0.1) is 0 Å². The van der Waals surface area contributed by atoms with Gasteiger partial charge in [0.05, 0.1) is 18.2 Å². The van der Waals surface area contributed by atoms with E-state index in [9.17, 15) is 9.59 Å². The number of aromatic nitrogens is 1. The summed E-state index contributed by atoms with van der Waals surface area (Å²) in [4.78, 5) is 26.5. The Bertz CT molecular complexity index is 440. The van der Waals surface area contributed by atoms with Crippen molar-refractivity contribution in [1.82, 2.24) is 10.3 Å². The summed E-state index contributed by atoms with van der Waals surface area (Å²) in [6.45, 7) is 5.21. The van der Waals surface area contributed by atoms with Crippen molar-refractivity contribution in [3.63, 3.8) is 0 Å². The van der Waals surface area contributed by atoms with E-state index in [2.05, 4.69) is 10.3 Å². The number of alkyl carbamates (subject to hydrolysis) is 1. The lowest BCUT2D eigenvalue weighted by molar-refractivity contribution is -0.137. The number of hydrogen-bond acceptors (Lipinski definition) is 4. The van der Waals surface area contributed by atoms with Crippen LogP contribution in [-0.2, 0) is 9.53 Å². The number of ether oxygens (including phenoxy) is 1. The monoisotopic (exact) mass is 266 g/mol. The van der Waals surface area contributed by atoms with E-state index in [4.69, 9.17) is 9.84 Å². The summed E-state index contributed by atoms with van der Waals surface area (Å²) >= 11 is 0. The molecule has 1 aromatic heterocycles. The van der Waals surface area contributed by atoms with Crippen LogP contribution in [-0.4, -0.2) is 27.8 Å². The van der Waals surface area contributed by atoms with Gasteiger partial charge >= 0.3 is 12.1 Å². The maximum Gasteiger partial charge on any atom is 0.408 e. The molecule has 6 nitrogen and oxygen atoms in total. The zero-order chi connectivity index (χ0) is 14.5. The third-order valence-corrected chi connectivity index (χ3v) is 2.11. The predicted octanol–water partition coefficient (Wildman–Crippen LogP) is 2.12. The highest BCUT2D eigenvalue weighted by Crippen LogP contribution is 2.15. The van der Waals surface area contributed by atoms with E-state index in [1.54, 1.807) is 45.2 Å². The standard InChI is InChI=1S/C13H18N2O4/c1-13(2,3)19-12(18)15-10(8-11(16)17)9-6-4-5-7-14-9/h4-7,10H,8H2,1-3H3,(H,15,18)(H,16,17). The van der Waals surface area contributed by atoms with Crippen molar-refractivity contribution in [1.29, 1.82) is 0 Å². The fraction of sp³-hybridized carbons (Fsp3) is 0.462. The molecular formula is C13H18N2O4. The zero-order valence-electron chi connectivity index (χ0n) is 11.2. The fourth-order valence-electron chi connectivity index (χ4n) is 1.44. The van der Waals surface area contributed by atoms with E-state index in [0.29, 0.717) is 5.69 Å². The van der Waals surface area contributed by atoms with Gasteiger partial charge in [-0.1, -0.05) is 6.07 Å². The van der Waals surface area contributed by atoms with Crippen LogP contribution in [0.15, 0.2) is 24.4 Å². The lowest BCUT2D eigenvalue weighted by Crippen LogP contribution is -2.36. The molecule has 0 bridgehead atoms. The molecule has 1 unspecified atom stereocenters. The minimum absolute atomic E-state index is 0.254. The SMILES string of the molecule is CC(C)(C)OC(=O)NC(CC(=O)O)c1ccccn1. The number of carbonyl (C=O) groups excluding carboxylic acids is 1. The van der Waals surface area contributed by atoms with Gasteiger partial charge in [0, 0.05) is 6.20 Å². The van der Waals surface area contributed by atoms with Gasteiger partial charge in [-0.15, -0.1) is 0 Å². The third-order valence-electron chi connectivity index (χ3n) is 2.11. The second kappa shape index (κ2) is 6.17. The molecule has 0 spiro atoms. The molecule has 1 rings (SSSR count).